The number of hydrogen-bond acceptors (Lipinski definition) is 5. The zero-order chi connectivity index (χ0) is 21.8. The third-order valence-corrected chi connectivity index (χ3v) is 5.30. The highest BCUT2D eigenvalue weighted by molar-refractivity contribution is 6.02. The summed E-state index contributed by atoms with van der Waals surface area (Å²) >= 11 is 0. The van der Waals surface area contributed by atoms with Crippen LogP contribution in [0.5, 0.6) is 11.5 Å². The first-order chi connectivity index (χ1) is 15.1. The second-order valence-electron chi connectivity index (χ2n) is 7.31. The number of nitrogens with zero attached hydrogens (tertiary/aromatic N) is 2. The number of methoxy groups -OCH3 is 1. The summed E-state index contributed by atoms with van der Waals surface area (Å²) in [6, 6.07) is 22.9. The number of benzene rings is 3. The Kier molecular flexibility index (Phi) is 5.62. The van der Waals surface area contributed by atoms with Gasteiger partial charge in [-0.05, 0) is 55.3 Å². The number of ether oxygens (including phenoxy) is 2. The average molecular weight is 415 g/mol. The molecule has 0 radical (unpaired) electrons. The Morgan fingerprint density at radius 3 is 2.52 bits per heavy atom. The van der Waals surface area contributed by atoms with Crippen LogP contribution in [0.15, 0.2) is 77.9 Å². The molecule has 0 saturated carbocycles. The van der Waals surface area contributed by atoms with Crippen molar-refractivity contribution < 1.29 is 14.3 Å². The minimum Gasteiger partial charge on any atom is -0.493 e. The van der Waals surface area contributed by atoms with Crippen LogP contribution >= 0.6 is 0 Å². The molecule has 3 aromatic rings. The van der Waals surface area contributed by atoms with E-state index in [2.05, 4.69) is 10.4 Å². The fourth-order valence-electron chi connectivity index (χ4n) is 3.70. The molecule has 0 spiro atoms. The fraction of sp³-hybridized carbons (Fsp3) is 0.200. The first-order valence-corrected chi connectivity index (χ1v) is 10.2. The highest BCUT2D eigenvalue weighted by atomic mass is 16.5. The van der Waals surface area contributed by atoms with Gasteiger partial charge < -0.3 is 14.8 Å². The zero-order valence-electron chi connectivity index (χ0n) is 17.8. The Balaban J connectivity index is 1.75. The van der Waals surface area contributed by atoms with Crippen LogP contribution in [-0.4, -0.2) is 30.8 Å². The van der Waals surface area contributed by atoms with Crippen molar-refractivity contribution >= 4 is 17.8 Å². The number of carbonyl (C=O) groups excluding carboxylic acids is 1. The Morgan fingerprint density at radius 1 is 1.03 bits per heavy atom. The molecule has 1 aliphatic rings. The molecular formula is C25H25N3O3. The molecule has 1 aliphatic heterocycles. The van der Waals surface area contributed by atoms with Crippen LogP contribution in [0.2, 0.25) is 0 Å². The van der Waals surface area contributed by atoms with Gasteiger partial charge in [0.15, 0.2) is 17.2 Å². The first-order valence-electron chi connectivity index (χ1n) is 10.2. The zero-order valence-corrected chi connectivity index (χ0v) is 17.8. The molecule has 0 saturated heterocycles. The quantitative estimate of drug-likeness (QED) is 0.584. The SMILES string of the molecule is CCOc1ccc(/C=N/N2C(=O)c3ccccc3NC2(C)c2ccccc2)cc1OC. The normalized spacial score (nSPS) is 17.9. The van der Waals surface area contributed by atoms with Gasteiger partial charge in [-0.15, -0.1) is 0 Å². The number of amides is 1. The molecule has 158 valence electrons. The molecule has 1 atom stereocenters. The lowest BCUT2D eigenvalue weighted by atomic mass is 9.95. The van der Waals surface area contributed by atoms with Crippen molar-refractivity contribution in [2.24, 2.45) is 5.10 Å². The predicted molar refractivity (Wildman–Crippen MR) is 122 cm³/mol. The van der Waals surface area contributed by atoms with Crippen molar-refractivity contribution in [1.82, 2.24) is 5.01 Å². The molecule has 1 amide bonds. The number of anilines is 1. The van der Waals surface area contributed by atoms with Gasteiger partial charge in [0.25, 0.3) is 5.91 Å². The van der Waals surface area contributed by atoms with E-state index in [-0.39, 0.29) is 5.91 Å². The topological polar surface area (TPSA) is 63.2 Å². The second kappa shape index (κ2) is 8.52. The van der Waals surface area contributed by atoms with Crippen molar-refractivity contribution in [3.05, 3.63) is 89.5 Å². The molecule has 1 unspecified atom stereocenters. The number of hydrogen-bond donors (Lipinski definition) is 1. The minimum atomic E-state index is -0.849. The summed E-state index contributed by atoms with van der Waals surface area (Å²) in [6.07, 6.45) is 1.66. The number of carbonyl (C=O) groups is 1. The van der Waals surface area contributed by atoms with Gasteiger partial charge in [-0.2, -0.15) is 10.1 Å². The van der Waals surface area contributed by atoms with Gasteiger partial charge >= 0.3 is 0 Å². The van der Waals surface area contributed by atoms with E-state index in [0.29, 0.717) is 23.7 Å². The highest BCUT2D eigenvalue weighted by Crippen LogP contribution is 2.38. The van der Waals surface area contributed by atoms with Gasteiger partial charge in [-0.3, -0.25) is 4.79 Å². The van der Waals surface area contributed by atoms with Gasteiger partial charge in [-0.1, -0.05) is 42.5 Å². The average Bonchev–Trinajstić information content (AvgIpc) is 2.80. The summed E-state index contributed by atoms with van der Waals surface area (Å²) in [5.74, 6) is 1.11. The summed E-state index contributed by atoms with van der Waals surface area (Å²) in [6.45, 7) is 4.42. The molecular weight excluding hydrogens is 390 g/mol. The van der Waals surface area contributed by atoms with E-state index in [4.69, 9.17) is 9.47 Å². The van der Waals surface area contributed by atoms with Crippen molar-refractivity contribution in [2.75, 3.05) is 19.0 Å². The summed E-state index contributed by atoms with van der Waals surface area (Å²) in [7, 11) is 1.60. The number of para-hydroxylation sites is 1. The summed E-state index contributed by atoms with van der Waals surface area (Å²) in [5, 5.41) is 9.61. The molecule has 0 aromatic heterocycles. The molecule has 0 fully saturated rings. The van der Waals surface area contributed by atoms with Gasteiger partial charge in [0.1, 0.15) is 0 Å². The minimum absolute atomic E-state index is 0.171. The first kappa shape index (κ1) is 20.5. The second-order valence-corrected chi connectivity index (χ2v) is 7.31. The molecule has 6 nitrogen and oxygen atoms in total. The van der Waals surface area contributed by atoms with Crippen LogP contribution in [0.4, 0.5) is 5.69 Å². The van der Waals surface area contributed by atoms with E-state index < -0.39 is 5.66 Å². The number of nitrogens with one attached hydrogen (secondary N) is 1. The maximum Gasteiger partial charge on any atom is 0.278 e. The lowest BCUT2D eigenvalue weighted by Crippen LogP contribution is -2.53. The lowest BCUT2D eigenvalue weighted by Gasteiger charge is -2.43. The smallest absolute Gasteiger partial charge is 0.278 e. The standard InChI is InChI=1S/C25H25N3O3/c1-4-31-22-15-14-18(16-23(22)30-3)17-26-28-24(29)20-12-8-9-13-21(20)27-25(28,2)19-10-6-5-7-11-19/h5-17,27H,4H2,1-3H3/b26-17+. The Morgan fingerprint density at radius 2 is 1.77 bits per heavy atom. The van der Waals surface area contributed by atoms with Crippen molar-refractivity contribution in [2.45, 2.75) is 19.5 Å². The van der Waals surface area contributed by atoms with Gasteiger partial charge in [0, 0.05) is 5.69 Å². The van der Waals surface area contributed by atoms with Crippen molar-refractivity contribution in [3.8, 4) is 11.5 Å². The maximum absolute atomic E-state index is 13.4. The van der Waals surface area contributed by atoms with E-state index in [0.717, 1.165) is 16.8 Å². The predicted octanol–water partition coefficient (Wildman–Crippen LogP) is 4.87. The molecule has 4 rings (SSSR count). The number of hydrazone groups is 1. The molecule has 1 N–H and O–H groups in total. The third-order valence-electron chi connectivity index (χ3n) is 5.30. The molecule has 0 bridgehead atoms. The summed E-state index contributed by atoms with van der Waals surface area (Å²) < 4.78 is 11.0. The van der Waals surface area contributed by atoms with Crippen molar-refractivity contribution in [1.29, 1.82) is 0 Å². The molecule has 3 aromatic carbocycles. The van der Waals surface area contributed by atoms with E-state index >= 15 is 0 Å². The van der Waals surface area contributed by atoms with E-state index in [1.165, 1.54) is 5.01 Å². The maximum atomic E-state index is 13.4. The van der Waals surface area contributed by atoms with Crippen LogP contribution in [-0.2, 0) is 5.66 Å². The van der Waals surface area contributed by atoms with Crippen LogP contribution in [0, 0.1) is 0 Å². The Hall–Kier alpha value is -3.80. The monoisotopic (exact) mass is 415 g/mol. The third kappa shape index (κ3) is 3.84. The Bertz CT molecular complexity index is 1110. The van der Waals surface area contributed by atoms with E-state index in [1.807, 2.05) is 80.6 Å². The van der Waals surface area contributed by atoms with Gasteiger partial charge in [0.2, 0.25) is 0 Å². The highest BCUT2D eigenvalue weighted by Gasteiger charge is 2.42. The van der Waals surface area contributed by atoms with Crippen LogP contribution in [0.3, 0.4) is 0 Å². The number of fused-ring (bicyclic) bond motifs is 1. The van der Waals surface area contributed by atoms with E-state index in [1.54, 1.807) is 19.4 Å². The molecule has 6 heteroatoms. The van der Waals surface area contributed by atoms with Crippen LogP contribution in [0.25, 0.3) is 0 Å². The number of rotatable bonds is 6. The fourth-order valence-corrected chi connectivity index (χ4v) is 3.70. The van der Waals surface area contributed by atoms with Crippen molar-refractivity contribution in [3.63, 3.8) is 0 Å². The van der Waals surface area contributed by atoms with Gasteiger partial charge in [-0.25, -0.2) is 0 Å². The lowest BCUT2D eigenvalue weighted by molar-refractivity contribution is 0.0547. The van der Waals surface area contributed by atoms with Crippen LogP contribution in [0.1, 0.15) is 35.3 Å². The summed E-state index contributed by atoms with van der Waals surface area (Å²) in [5.41, 5.74) is 2.24. The molecule has 31 heavy (non-hydrogen) atoms. The molecule has 0 aliphatic carbocycles. The largest absolute Gasteiger partial charge is 0.493 e. The van der Waals surface area contributed by atoms with E-state index in [9.17, 15) is 4.79 Å². The molecule has 1 heterocycles. The summed E-state index contributed by atoms with van der Waals surface area (Å²) in [4.78, 5) is 13.4. The van der Waals surface area contributed by atoms with Crippen LogP contribution < -0.4 is 14.8 Å². The Labute approximate surface area is 182 Å². The van der Waals surface area contributed by atoms with Gasteiger partial charge in [0.05, 0.1) is 25.5 Å².